The van der Waals surface area contributed by atoms with Crippen molar-refractivity contribution < 1.29 is 48.4 Å². The molecule has 0 aromatic carbocycles. The quantitative estimate of drug-likeness (QED) is 0.538. The second-order valence-corrected chi connectivity index (χ2v) is 5.42. The zero-order chi connectivity index (χ0) is 15.8. The predicted octanol–water partition coefficient (Wildman–Crippen LogP) is 0.587. The Hall–Kier alpha value is -0.287. The van der Waals surface area contributed by atoms with E-state index in [-0.39, 0.29) is 19.5 Å². The Labute approximate surface area is 148 Å². The fourth-order valence-corrected chi connectivity index (χ4v) is 1.75. The van der Waals surface area contributed by atoms with Gasteiger partial charge in [0, 0.05) is 0 Å². The van der Waals surface area contributed by atoms with Crippen LogP contribution in [-0.2, 0) is 19.5 Å². The summed E-state index contributed by atoms with van der Waals surface area (Å²) >= 11 is 0. The summed E-state index contributed by atoms with van der Waals surface area (Å²) in [6.45, 7) is 0. The molecule has 128 valence electrons. The van der Waals surface area contributed by atoms with Crippen LogP contribution in [0.5, 0.6) is 0 Å². The van der Waals surface area contributed by atoms with E-state index >= 15 is 0 Å². The number of rotatable bonds is 0. The molecule has 4 nitrogen and oxygen atoms in total. The van der Waals surface area contributed by atoms with Gasteiger partial charge >= 0.3 is 19.5 Å². The van der Waals surface area contributed by atoms with Gasteiger partial charge in [-0.1, -0.05) is 48.6 Å². The fourth-order valence-electron chi connectivity index (χ4n) is 1.75. The van der Waals surface area contributed by atoms with Gasteiger partial charge in [0.05, 0.1) is 0 Å². The molecule has 22 heavy (non-hydrogen) atoms. The molecule has 0 radical (unpaired) electrons. The van der Waals surface area contributed by atoms with Gasteiger partial charge in [-0.15, -0.1) is 10.2 Å². The van der Waals surface area contributed by atoms with Gasteiger partial charge in [0.15, 0.2) is 0 Å². The third-order valence-electron chi connectivity index (χ3n) is 2.75. The van der Waals surface area contributed by atoms with Crippen LogP contribution in [0.4, 0.5) is 0 Å². The van der Waals surface area contributed by atoms with Gasteiger partial charge in [0.25, 0.3) is 0 Å². The van der Waals surface area contributed by atoms with E-state index in [9.17, 15) is 0 Å². The molecule has 6 heteroatoms. The van der Waals surface area contributed by atoms with Crippen LogP contribution in [0.2, 0.25) is 0 Å². The van der Waals surface area contributed by atoms with E-state index in [1.54, 1.807) is 0 Å². The molecule has 2 aliphatic rings. The summed E-state index contributed by atoms with van der Waals surface area (Å²) in [7, 11) is -4.94. The van der Waals surface area contributed by atoms with Crippen molar-refractivity contribution in [1.29, 1.82) is 0 Å². The second-order valence-electron chi connectivity index (χ2n) is 4.66. The number of allylic oxidation sites excluding steroid dienone is 8. The molecule has 0 aromatic rings. The van der Waals surface area contributed by atoms with Crippen LogP contribution in [0.3, 0.4) is 0 Å². The first kappa shape index (κ1) is 24.0. The first-order chi connectivity index (χ1) is 10.0. The third-order valence-corrected chi connectivity index (χ3v) is 2.75. The Morgan fingerprint density at radius 1 is 0.500 bits per heavy atom. The SMILES string of the molecule is C1=CCCCCC=C1.C1=CCCCCC=C1.[O-][Cl+3]([O-])([O-])[O-].[Rh+]. The van der Waals surface area contributed by atoms with Crippen molar-refractivity contribution >= 4 is 0 Å². The second kappa shape index (κ2) is 17.1. The van der Waals surface area contributed by atoms with E-state index in [4.69, 9.17) is 18.6 Å². The molecule has 0 saturated heterocycles. The Bertz CT molecular complexity index is 285. The van der Waals surface area contributed by atoms with Crippen molar-refractivity contribution in [3.05, 3.63) is 48.6 Å². The molecule has 0 heterocycles. The minimum Gasteiger partial charge on any atom is -0.222 e. The zero-order valence-corrected chi connectivity index (χ0v) is 15.0. The van der Waals surface area contributed by atoms with Gasteiger partial charge < -0.3 is 0 Å². The van der Waals surface area contributed by atoms with E-state index in [1.165, 1.54) is 51.4 Å². The van der Waals surface area contributed by atoms with Crippen LogP contribution in [0.15, 0.2) is 48.6 Å². The van der Waals surface area contributed by atoms with Gasteiger partial charge in [-0.05, 0) is 51.4 Å². The molecule has 0 unspecified atom stereocenters. The van der Waals surface area contributed by atoms with E-state index in [2.05, 4.69) is 48.6 Å². The summed E-state index contributed by atoms with van der Waals surface area (Å²) in [5, 5.41) is 0. The topological polar surface area (TPSA) is 92.2 Å². The first-order valence-corrected chi connectivity index (χ1v) is 8.48. The summed E-state index contributed by atoms with van der Waals surface area (Å²) in [5.41, 5.74) is 0. The van der Waals surface area contributed by atoms with Crippen molar-refractivity contribution in [2.45, 2.75) is 51.4 Å². The fraction of sp³-hybridized carbons (Fsp3) is 0.500. The van der Waals surface area contributed by atoms with Crippen LogP contribution in [-0.4, -0.2) is 0 Å². The molecule has 0 aliphatic heterocycles. The standard InChI is InChI=1S/2C8H12.ClHO4.Rh/c2*1-2-4-6-8-7-5-3-1;2-1(3,4)5;/h2*1-4H,5-8H2;(H,2,3,4,5);/q;;;+1/p-1. The summed E-state index contributed by atoms with van der Waals surface area (Å²) in [6, 6.07) is 0. The smallest absolute Gasteiger partial charge is 0.222 e. The van der Waals surface area contributed by atoms with Crippen molar-refractivity contribution in [2.24, 2.45) is 0 Å². The third kappa shape index (κ3) is 28.0. The molecule has 0 fully saturated rings. The maximum Gasteiger partial charge on any atom is 1.00 e. The summed E-state index contributed by atoms with van der Waals surface area (Å²) < 4.78 is 34.0. The number of hydrogen-bond donors (Lipinski definition) is 0. The van der Waals surface area contributed by atoms with E-state index in [0.717, 1.165) is 0 Å². The summed E-state index contributed by atoms with van der Waals surface area (Å²) in [5.74, 6) is 0. The average molecular weight is 419 g/mol. The maximum absolute atomic E-state index is 8.49. The molecular weight excluding hydrogens is 395 g/mol. The minimum atomic E-state index is -4.94. The van der Waals surface area contributed by atoms with Crippen molar-refractivity contribution in [3.8, 4) is 0 Å². The van der Waals surface area contributed by atoms with Crippen molar-refractivity contribution in [3.63, 3.8) is 0 Å². The molecule has 0 aromatic heterocycles. The van der Waals surface area contributed by atoms with Gasteiger partial charge in [-0.25, -0.2) is 18.6 Å². The average Bonchev–Trinajstić information content (AvgIpc) is 2.24. The first-order valence-electron chi connectivity index (χ1n) is 7.25. The Morgan fingerprint density at radius 2 is 0.682 bits per heavy atom. The molecule has 0 atom stereocenters. The minimum absolute atomic E-state index is 0. The Balaban J connectivity index is 0. The normalized spacial score (nSPS) is 17.3. The molecule has 0 saturated carbocycles. The van der Waals surface area contributed by atoms with Crippen LogP contribution in [0.1, 0.15) is 51.4 Å². The molecule has 2 aliphatic carbocycles. The van der Waals surface area contributed by atoms with E-state index in [0.29, 0.717) is 0 Å². The maximum atomic E-state index is 8.49. The summed E-state index contributed by atoms with van der Waals surface area (Å²) in [4.78, 5) is 0. The largest absolute Gasteiger partial charge is 1.00 e. The van der Waals surface area contributed by atoms with E-state index in [1.807, 2.05) is 0 Å². The van der Waals surface area contributed by atoms with Crippen LogP contribution in [0.25, 0.3) is 0 Å². The van der Waals surface area contributed by atoms with Gasteiger partial charge in [-0.2, -0.15) is 0 Å². The summed E-state index contributed by atoms with van der Waals surface area (Å²) in [6.07, 6.45) is 28.0. The Kier molecular flexibility index (Phi) is 18.6. The monoisotopic (exact) mass is 418 g/mol. The van der Waals surface area contributed by atoms with Crippen LogP contribution in [0, 0.1) is 10.2 Å². The van der Waals surface area contributed by atoms with Gasteiger partial charge in [-0.3, -0.25) is 0 Å². The van der Waals surface area contributed by atoms with Gasteiger partial charge in [0.1, 0.15) is 0 Å². The van der Waals surface area contributed by atoms with Crippen LogP contribution < -0.4 is 18.6 Å². The van der Waals surface area contributed by atoms with Gasteiger partial charge in [0.2, 0.25) is 0 Å². The van der Waals surface area contributed by atoms with Crippen LogP contribution >= 0.6 is 0 Å². The molecular formula is C16H24ClO4Rh. The predicted molar refractivity (Wildman–Crippen MR) is 73.5 cm³/mol. The van der Waals surface area contributed by atoms with Crippen molar-refractivity contribution in [2.75, 3.05) is 0 Å². The number of hydrogen-bond acceptors (Lipinski definition) is 4. The van der Waals surface area contributed by atoms with Crippen molar-refractivity contribution in [1.82, 2.24) is 0 Å². The molecule has 0 amide bonds. The molecule has 0 bridgehead atoms. The molecule has 2 rings (SSSR count). The van der Waals surface area contributed by atoms with E-state index < -0.39 is 10.2 Å². The molecule has 0 N–H and O–H groups in total. The number of halogens is 1. The Morgan fingerprint density at radius 3 is 0.864 bits per heavy atom. The molecule has 0 spiro atoms. The zero-order valence-electron chi connectivity index (χ0n) is 12.6.